The molecule has 0 aliphatic rings. The molecular weight excluding hydrogens is 511 g/mol. The first-order chi connectivity index (χ1) is 17.0. The maximum absolute atomic E-state index is 12.9. The second-order valence-corrected chi connectivity index (χ2v) is 10.4. The predicted molar refractivity (Wildman–Crippen MR) is 135 cm³/mol. The molecule has 1 atom stereocenters. The van der Waals surface area contributed by atoms with Gasteiger partial charge < -0.3 is 14.6 Å². The van der Waals surface area contributed by atoms with Gasteiger partial charge in [0, 0.05) is 21.1 Å². The lowest BCUT2D eigenvalue weighted by molar-refractivity contribution is -0.150. The van der Waals surface area contributed by atoms with Crippen molar-refractivity contribution in [2.75, 3.05) is 6.61 Å². The van der Waals surface area contributed by atoms with Crippen LogP contribution in [0.2, 0.25) is 0 Å². The lowest BCUT2D eigenvalue weighted by Gasteiger charge is -2.19. The summed E-state index contributed by atoms with van der Waals surface area (Å²) in [6.45, 7) is 7.49. The number of aromatic nitrogens is 1. The number of hydrogen-bond donors (Lipinski definition) is 1. The number of hydrogen-bond acceptors (Lipinski definition) is 7. The number of carbonyl (C=O) groups is 1. The van der Waals surface area contributed by atoms with E-state index in [0.29, 0.717) is 27.8 Å². The molecule has 194 valence electrons. The highest BCUT2D eigenvalue weighted by molar-refractivity contribution is 7.98. The summed E-state index contributed by atoms with van der Waals surface area (Å²) in [5.41, 5.74) is 1.31. The number of aliphatic hydroxyl groups excluding tert-OH is 1. The normalized spacial score (nSPS) is 12.6. The fourth-order valence-electron chi connectivity index (χ4n) is 3.37. The summed E-state index contributed by atoms with van der Waals surface area (Å²) < 4.78 is 49.5. The lowest BCUT2D eigenvalue weighted by Crippen LogP contribution is -2.26. The molecule has 0 amide bonds. The Balaban J connectivity index is 1.76. The van der Waals surface area contributed by atoms with Crippen LogP contribution in [0.5, 0.6) is 5.75 Å². The zero-order chi connectivity index (χ0) is 26.5. The minimum atomic E-state index is -4.40. The molecule has 0 aliphatic heterocycles. The van der Waals surface area contributed by atoms with Crippen molar-refractivity contribution in [2.45, 2.75) is 63.1 Å². The van der Waals surface area contributed by atoms with Gasteiger partial charge >= 0.3 is 12.1 Å². The number of esters is 1. The monoisotopic (exact) mass is 539 g/mol. The second kappa shape index (κ2) is 12.1. The molecule has 1 unspecified atom stereocenters. The molecule has 0 bridgehead atoms. The summed E-state index contributed by atoms with van der Waals surface area (Å²) in [4.78, 5) is 18.2. The van der Waals surface area contributed by atoms with Crippen LogP contribution in [0.25, 0.3) is 10.6 Å². The smallest absolute Gasteiger partial charge is 0.416 e. The van der Waals surface area contributed by atoms with Crippen LogP contribution in [0, 0.1) is 0 Å². The Morgan fingerprint density at radius 3 is 2.42 bits per heavy atom. The Bertz CT molecular complexity index is 1180. The van der Waals surface area contributed by atoms with Crippen molar-refractivity contribution in [3.8, 4) is 16.3 Å². The Hall–Kier alpha value is -2.56. The Labute approximate surface area is 216 Å². The van der Waals surface area contributed by atoms with Gasteiger partial charge in [-0.25, -0.2) is 9.78 Å². The van der Waals surface area contributed by atoms with Gasteiger partial charge in [-0.2, -0.15) is 13.2 Å². The van der Waals surface area contributed by atoms with Crippen molar-refractivity contribution >= 4 is 29.1 Å². The highest BCUT2D eigenvalue weighted by Gasteiger charge is 2.30. The van der Waals surface area contributed by atoms with E-state index in [2.05, 4.69) is 4.98 Å². The fraction of sp³-hybridized carbons (Fsp3) is 0.385. The molecule has 1 N–H and O–H groups in total. The van der Waals surface area contributed by atoms with E-state index in [9.17, 15) is 23.1 Å². The number of thioether (sulfide) groups is 1. The maximum Gasteiger partial charge on any atom is 0.416 e. The molecule has 1 heterocycles. The molecule has 3 rings (SSSR count). The molecule has 0 radical (unpaired) electrons. The van der Waals surface area contributed by atoms with E-state index in [1.165, 1.54) is 23.5 Å². The maximum atomic E-state index is 12.9. The van der Waals surface area contributed by atoms with E-state index in [1.807, 2.05) is 32.0 Å². The zero-order valence-corrected chi connectivity index (χ0v) is 22.0. The first-order valence-electron chi connectivity index (χ1n) is 11.4. The van der Waals surface area contributed by atoms with E-state index in [4.69, 9.17) is 9.47 Å². The lowest BCUT2D eigenvalue weighted by atomic mass is 10.0. The summed E-state index contributed by atoms with van der Waals surface area (Å²) in [5.74, 6) is 0.882. The predicted octanol–water partition coefficient (Wildman–Crippen LogP) is 7.07. The topological polar surface area (TPSA) is 68.7 Å². The highest BCUT2D eigenvalue weighted by atomic mass is 32.2. The standard InChI is InChI=1S/C26H28F3NO4S2/c1-5-33-25(32)16(4)34-22-11-10-19(12-20(22)15(2)3)35-14-23-21(13-31)30-24(36-23)17-6-8-18(9-7-17)26(27,28)29/h6-12,15-16,31H,5,13-14H2,1-4H3. The van der Waals surface area contributed by atoms with E-state index < -0.39 is 23.8 Å². The van der Waals surface area contributed by atoms with E-state index in [-0.39, 0.29) is 19.1 Å². The molecule has 0 spiro atoms. The number of alkyl halides is 3. The van der Waals surface area contributed by atoms with Crippen LogP contribution in [0.1, 0.15) is 55.3 Å². The molecule has 0 saturated heterocycles. The zero-order valence-electron chi connectivity index (χ0n) is 20.4. The molecular formula is C26H28F3NO4S2. The van der Waals surface area contributed by atoms with Crippen LogP contribution in [-0.4, -0.2) is 28.8 Å². The number of aliphatic hydroxyl groups is 1. The average Bonchev–Trinajstić information content (AvgIpc) is 3.26. The summed E-state index contributed by atoms with van der Waals surface area (Å²) in [6, 6.07) is 10.6. The van der Waals surface area contributed by atoms with Gasteiger partial charge in [-0.3, -0.25) is 0 Å². The first-order valence-corrected chi connectivity index (χ1v) is 13.2. The van der Waals surface area contributed by atoms with Crippen LogP contribution < -0.4 is 4.74 Å². The molecule has 0 fully saturated rings. The molecule has 3 aromatic rings. The van der Waals surface area contributed by atoms with E-state index >= 15 is 0 Å². The summed E-state index contributed by atoms with van der Waals surface area (Å²) >= 11 is 2.90. The second-order valence-electron chi connectivity index (χ2n) is 8.28. The quantitative estimate of drug-likeness (QED) is 0.220. The number of halogens is 3. The van der Waals surface area contributed by atoms with Crippen LogP contribution >= 0.6 is 23.1 Å². The summed E-state index contributed by atoms with van der Waals surface area (Å²) in [5, 5.41) is 10.3. The number of carbonyl (C=O) groups excluding carboxylic acids is 1. The van der Waals surface area contributed by atoms with Crippen molar-refractivity contribution in [3.05, 3.63) is 64.2 Å². The molecule has 5 nitrogen and oxygen atoms in total. The SMILES string of the molecule is CCOC(=O)C(C)Oc1ccc(SCc2sc(-c3ccc(C(F)(F)F)cc3)nc2CO)cc1C(C)C. The number of benzene rings is 2. The van der Waals surface area contributed by atoms with Crippen molar-refractivity contribution in [1.29, 1.82) is 0 Å². The number of nitrogens with zero attached hydrogens (tertiary/aromatic N) is 1. The van der Waals surface area contributed by atoms with Gasteiger partial charge in [-0.15, -0.1) is 23.1 Å². The van der Waals surface area contributed by atoms with Gasteiger partial charge in [-0.05, 0) is 55.7 Å². The number of ether oxygens (including phenoxy) is 2. The van der Waals surface area contributed by atoms with Crippen molar-refractivity contribution in [1.82, 2.24) is 4.98 Å². The number of rotatable bonds is 10. The van der Waals surface area contributed by atoms with Crippen molar-refractivity contribution < 1.29 is 32.5 Å². The largest absolute Gasteiger partial charge is 0.479 e. The van der Waals surface area contributed by atoms with E-state index in [0.717, 1.165) is 27.5 Å². The van der Waals surface area contributed by atoms with Gasteiger partial charge in [-0.1, -0.05) is 26.0 Å². The van der Waals surface area contributed by atoms with Crippen molar-refractivity contribution in [2.24, 2.45) is 0 Å². The number of thiazole rings is 1. The van der Waals surface area contributed by atoms with Crippen LogP contribution in [0.4, 0.5) is 13.2 Å². The Morgan fingerprint density at radius 1 is 1.14 bits per heavy atom. The summed E-state index contributed by atoms with van der Waals surface area (Å²) in [6.07, 6.45) is -5.12. The van der Waals surface area contributed by atoms with Gasteiger partial charge in [0.15, 0.2) is 6.10 Å². The van der Waals surface area contributed by atoms with Gasteiger partial charge in [0.2, 0.25) is 0 Å². The third kappa shape index (κ3) is 7.02. The molecule has 10 heteroatoms. The molecule has 36 heavy (non-hydrogen) atoms. The first kappa shape index (κ1) is 28.0. The third-order valence-electron chi connectivity index (χ3n) is 5.28. The Morgan fingerprint density at radius 2 is 1.83 bits per heavy atom. The Kier molecular flexibility index (Phi) is 9.43. The molecule has 2 aromatic carbocycles. The third-order valence-corrected chi connectivity index (χ3v) is 7.63. The minimum Gasteiger partial charge on any atom is -0.479 e. The van der Waals surface area contributed by atoms with Gasteiger partial charge in [0.1, 0.15) is 10.8 Å². The highest BCUT2D eigenvalue weighted by Crippen LogP contribution is 2.37. The summed E-state index contributed by atoms with van der Waals surface area (Å²) in [7, 11) is 0. The molecule has 0 aliphatic carbocycles. The fourth-order valence-corrected chi connectivity index (χ4v) is 5.49. The molecule has 1 aromatic heterocycles. The minimum absolute atomic E-state index is 0.151. The van der Waals surface area contributed by atoms with Crippen LogP contribution in [0.3, 0.4) is 0 Å². The molecule has 0 saturated carbocycles. The van der Waals surface area contributed by atoms with Gasteiger partial charge in [0.25, 0.3) is 0 Å². The van der Waals surface area contributed by atoms with Crippen LogP contribution in [-0.2, 0) is 28.1 Å². The average molecular weight is 540 g/mol. The van der Waals surface area contributed by atoms with Crippen LogP contribution in [0.15, 0.2) is 47.4 Å². The van der Waals surface area contributed by atoms with E-state index in [1.54, 1.807) is 25.6 Å². The van der Waals surface area contributed by atoms with Gasteiger partial charge in [0.05, 0.1) is 24.5 Å². The van der Waals surface area contributed by atoms with Crippen molar-refractivity contribution in [3.63, 3.8) is 0 Å².